The van der Waals surface area contributed by atoms with Gasteiger partial charge in [-0.2, -0.15) is 18.4 Å². The van der Waals surface area contributed by atoms with Crippen molar-refractivity contribution in [2.75, 3.05) is 5.32 Å². The maximum absolute atomic E-state index is 12.6. The number of amides is 1. The van der Waals surface area contributed by atoms with Crippen LogP contribution in [0.1, 0.15) is 11.3 Å². The minimum absolute atomic E-state index is 0.0917. The molecule has 0 saturated heterocycles. The summed E-state index contributed by atoms with van der Waals surface area (Å²) in [6.45, 7) is 0.0917. The lowest BCUT2D eigenvalue weighted by molar-refractivity contribution is -0.137. The molecule has 0 radical (unpaired) electrons. The van der Waals surface area contributed by atoms with Gasteiger partial charge < -0.3 is 15.1 Å². The summed E-state index contributed by atoms with van der Waals surface area (Å²) in [6, 6.07) is 9.40. The minimum Gasteiger partial charge on any atom is -0.467 e. The summed E-state index contributed by atoms with van der Waals surface area (Å²) in [5.74, 6) is -0.167. The molecule has 0 bridgehead atoms. The summed E-state index contributed by atoms with van der Waals surface area (Å²) in [5.41, 5.74) is -1.00. The van der Waals surface area contributed by atoms with Gasteiger partial charge >= 0.3 is 6.18 Å². The van der Waals surface area contributed by atoms with Gasteiger partial charge in [-0.3, -0.25) is 4.79 Å². The fraction of sp³-hybridized carbons (Fsp3) is 0.125. The number of rotatable bonds is 5. The highest BCUT2D eigenvalue weighted by atomic mass is 19.4. The molecule has 0 saturated carbocycles. The summed E-state index contributed by atoms with van der Waals surface area (Å²) in [6.07, 6.45) is -1.98. The van der Waals surface area contributed by atoms with E-state index in [4.69, 9.17) is 9.68 Å². The second-order valence-electron chi connectivity index (χ2n) is 4.65. The highest BCUT2D eigenvalue weighted by Gasteiger charge is 2.30. The Balaban J connectivity index is 2.03. The van der Waals surface area contributed by atoms with Gasteiger partial charge in [0.15, 0.2) is 0 Å². The van der Waals surface area contributed by atoms with E-state index in [2.05, 4.69) is 10.6 Å². The SMILES string of the molecule is N#C/C(=C\Nc1cccc(C(F)(F)F)c1)C(=O)NCc1ccco1. The van der Waals surface area contributed by atoms with E-state index in [0.717, 1.165) is 18.3 Å². The molecular weight excluding hydrogens is 323 g/mol. The summed E-state index contributed by atoms with van der Waals surface area (Å²) in [5, 5.41) is 14.0. The maximum atomic E-state index is 12.6. The standard InChI is InChI=1S/C16H12F3N3O2/c17-16(18,19)12-3-1-4-13(7-12)21-9-11(8-20)15(23)22-10-14-5-2-6-24-14/h1-7,9,21H,10H2,(H,22,23)/b11-9+. The predicted molar refractivity (Wildman–Crippen MR) is 79.3 cm³/mol. The number of nitrogens with zero attached hydrogens (tertiary/aromatic N) is 1. The van der Waals surface area contributed by atoms with Crippen molar-refractivity contribution in [1.82, 2.24) is 5.32 Å². The van der Waals surface area contributed by atoms with Crippen LogP contribution in [0, 0.1) is 11.3 Å². The topological polar surface area (TPSA) is 78.1 Å². The molecule has 2 aromatic rings. The number of carbonyl (C=O) groups excluding carboxylic acids is 1. The van der Waals surface area contributed by atoms with Gasteiger partial charge in [0.1, 0.15) is 17.4 Å². The third-order valence-electron chi connectivity index (χ3n) is 2.94. The maximum Gasteiger partial charge on any atom is 0.416 e. The average molecular weight is 335 g/mol. The zero-order valence-corrected chi connectivity index (χ0v) is 12.2. The van der Waals surface area contributed by atoms with E-state index in [1.807, 2.05) is 0 Å². The number of carbonyl (C=O) groups is 1. The first-order valence-corrected chi connectivity index (χ1v) is 6.75. The van der Waals surface area contributed by atoms with E-state index in [1.54, 1.807) is 18.2 Å². The second-order valence-corrected chi connectivity index (χ2v) is 4.65. The number of furan rings is 1. The molecule has 0 unspecified atom stereocenters. The average Bonchev–Trinajstić information content (AvgIpc) is 3.06. The predicted octanol–water partition coefficient (Wildman–Crippen LogP) is 3.43. The van der Waals surface area contributed by atoms with Gasteiger partial charge in [0.25, 0.3) is 5.91 Å². The fourth-order valence-electron chi connectivity index (χ4n) is 1.77. The second kappa shape index (κ2) is 7.37. The van der Waals surface area contributed by atoms with Crippen LogP contribution < -0.4 is 10.6 Å². The fourth-order valence-corrected chi connectivity index (χ4v) is 1.77. The molecule has 2 rings (SSSR count). The molecule has 0 aliphatic rings. The number of hydrogen-bond acceptors (Lipinski definition) is 4. The molecule has 124 valence electrons. The van der Waals surface area contributed by atoms with Crippen LogP contribution in [0.25, 0.3) is 0 Å². The van der Waals surface area contributed by atoms with Gasteiger partial charge in [-0.1, -0.05) is 6.07 Å². The van der Waals surface area contributed by atoms with Crippen molar-refractivity contribution in [3.63, 3.8) is 0 Å². The minimum atomic E-state index is -4.47. The summed E-state index contributed by atoms with van der Waals surface area (Å²) in [7, 11) is 0. The smallest absolute Gasteiger partial charge is 0.416 e. The van der Waals surface area contributed by atoms with Crippen LogP contribution in [0.2, 0.25) is 0 Å². The highest BCUT2D eigenvalue weighted by Crippen LogP contribution is 2.30. The van der Waals surface area contributed by atoms with E-state index in [1.165, 1.54) is 18.4 Å². The molecule has 24 heavy (non-hydrogen) atoms. The van der Waals surface area contributed by atoms with Crippen molar-refractivity contribution in [1.29, 1.82) is 5.26 Å². The van der Waals surface area contributed by atoms with Crippen LogP contribution in [0.5, 0.6) is 0 Å². The van der Waals surface area contributed by atoms with Crippen LogP contribution in [-0.2, 0) is 17.5 Å². The lowest BCUT2D eigenvalue weighted by Crippen LogP contribution is -2.24. The van der Waals surface area contributed by atoms with E-state index in [9.17, 15) is 18.0 Å². The molecule has 0 aliphatic heterocycles. The van der Waals surface area contributed by atoms with Crippen molar-refractivity contribution < 1.29 is 22.4 Å². The Morgan fingerprint density at radius 1 is 1.29 bits per heavy atom. The first-order chi connectivity index (χ1) is 11.4. The Bertz CT molecular complexity index is 775. The van der Waals surface area contributed by atoms with E-state index in [-0.39, 0.29) is 17.8 Å². The van der Waals surface area contributed by atoms with Crippen LogP contribution in [-0.4, -0.2) is 5.91 Å². The molecule has 8 heteroatoms. The number of anilines is 1. The molecule has 1 heterocycles. The third-order valence-corrected chi connectivity index (χ3v) is 2.94. The molecular formula is C16H12F3N3O2. The van der Waals surface area contributed by atoms with Crippen LogP contribution in [0.3, 0.4) is 0 Å². The highest BCUT2D eigenvalue weighted by molar-refractivity contribution is 5.97. The summed E-state index contributed by atoms with van der Waals surface area (Å²) >= 11 is 0. The summed E-state index contributed by atoms with van der Waals surface area (Å²) in [4.78, 5) is 11.9. The molecule has 0 fully saturated rings. The van der Waals surface area contributed by atoms with E-state index >= 15 is 0 Å². The third kappa shape index (κ3) is 4.64. The first kappa shape index (κ1) is 17.1. The quantitative estimate of drug-likeness (QED) is 0.648. The largest absolute Gasteiger partial charge is 0.467 e. The zero-order chi connectivity index (χ0) is 17.6. The number of nitriles is 1. The van der Waals surface area contributed by atoms with Crippen molar-refractivity contribution in [3.8, 4) is 6.07 Å². The Morgan fingerprint density at radius 2 is 2.08 bits per heavy atom. The van der Waals surface area contributed by atoms with Gasteiger partial charge in [-0.25, -0.2) is 0 Å². The zero-order valence-electron chi connectivity index (χ0n) is 12.2. The van der Waals surface area contributed by atoms with Gasteiger partial charge in [0.05, 0.1) is 18.4 Å². The molecule has 5 nitrogen and oxygen atoms in total. The number of benzene rings is 1. The molecule has 0 spiro atoms. The number of nitrogens with one attached hydrogen (secondary N) is 2. The Hall–Kier alpha value is -3.21. The van der Waals surface area contributed by atoms with Gasteiger partial charge in [0.2, 0.25) is 0 Å². The number of hydrogen-bond donors (Lipinski definition) is 2. The van der Waals surface area contributed by atoms with Crippen LogP contribution >= 0.6 is 0 Å². The van der Waals surface area contributed by atoms with Crippen LogP contribution in [0.15, 0.2) is 58.9 Å². The van der Waals surface area contributed by atoms with Gasteiger partial charge in [0, 0.05) is 11.9 Å². The molecule has 1 amide bonds. The molecule has 1 aromatic carbocycles. The van der Waals surface area contributed by atoms with Crippen molar-refractivity contribution in [3.05, 3.63) is 65.8 Å². The molecule has 1 aromatic heterocycles. The summed E-state index contributed by atoms with van der Waals surface area (Å²) < 4.78 is 42.9. The normalized spacial score (nSPS) is 11.7. The van der Waals surface area contributed by atoms with Crippen molar-refractivity contribution in [2.45, 2.75) is 12.7 Å². The van der Waals surface area contributed by atoms with E-state index in [0.29, 0.717) is 5.76 Å². The molecule has 0 aliphatic carbocycles. The van der Waals surface area contributed by atoms with Crippen LogP contribution in [0.4, 0.5) is 18.9 Å². The lowest BCUT2D eigenvalue weighted by Gasteiger charge is -2.09. The van der Waals surface area contributed by atoms with E-state index < -0.39 is 17.6 Å². The Morgan fingerprint density at radius 3 is 2.71 bits per heavy atom. The number of halogens is 3. The first-order valence-electron chi connectivity index (χ1n) is 6.75. The number of alkyl halides is 3. The van der Waals surface area contributed by atoms with Crippen molar-refractivity contribution >= 4 is 11.6 Å². The van der Waals surface area contributed by atoms with Crippen molar-refractivity contribution in [2.24, 2.45) is 0 Å². The van der Waals surface area contributed by atoms with Gasteiger partial charge in [-0.05, 0) is 30.3 Å². The Labute approximate surface area is 135 Å². The monoisotopic (exact) mass is 335 g/mol. The van der Waals surface area contributed by atoms with Gasteiger partial charge in [-0.15, -0.1) is 0 Å². The lowest BCUT2D eigenvalue weighted by atomic mass is 10.2. The molecule has 0 atom stereocenters. The molecule has 2 N–H and O–H groups in total. The Kier molecular flexibility index (Phi) is 5.27.